The van der Waals surface area contributed by atoms with Gasteiger partial charge < -0.3 is 4.74 Å². The highest BCUT2D eigenvalue weighted by atomic mass is 32.1. The van der Waals surface area contributed by atoms with Gasteiger partial charge in [0.05, 0.1) is 17.7 Å². The number of unbranched alkanes of at least 4 members (excludes halogenated alkanes) is 1. The Morgan fingerprint density at radius 2 is 1.87 bits per heavy atom. The van der Waals surface area contributed by atoms with Crippen LogP contribution in [0.3, 0.4) is 0 Å². The number of benzene rings is 1. The van der Waals surface area contributed by atoms with E-state index in [1.807, 2.05) is 0 Å². The van der Waals surface area contributed by atoms with Gasteiger partial charge in [-0.15, -0.1) is 10.2 Å². The van der Waals surface area contributed by atoms with Crippen LogP contribution in [-0.2, 0) is 11.2 Å². The molecule has 1 aliphatic rings. The van der Waals surface area contributed by atoms with Crippen molar-refractivity contribution in [3.63, 3.8) is 0 Å². The number of aromatic nitrogens is 2. The van der Waals surface area contributed by atoms with Crippen LogP contribution in [0, 0.1) is 5.92 Å². The molecule has 1 aromatic heterocycles. The number of fused-ring (bicyclic) bond motifs is 1. The van der Waals surface area contributed by atoms with Crippen molar-refractivity contribution in [2.24, 2.45) is 5.92 Å². The molecule has 0 saturated heterocycles. The Labute approximate surface area is 179 Å². The molecule has 1 aromatic carbocycles. The first-order valence-electron chi connectivity index (χ1n) is 10.2. The Morgan fingerprint density at radius 1 is 1.17 bits per heavy atom. The van der Waals surface area contributed by atoms with E-state index in [0.717, 1.165) is 25.7 Å². The van der Waals surface area contributed by atoms with Crippen LogP contribution in [-0.4, -0.2) is 46.2 Å². The molecule has 0 spiro atoms. The highest BCUT2D eigenvalue weighted by Crippen LogP contribution is 2.23. The number of hydrogen-bond donors (Lipinski definition) is 1. The average Bonchev–Trinajstić information content (AvgIpc) is 3.29. The number of amides is 3. The number of carbonyl (C=O) groups excluding carboxylic acids is 3. The summed E-state index contributed by atoms with van der Waals surface area (Å²) in [6, 6.07) is 6.78. The molecule has 0 radical (unpaired) electrons. The fourth-order valence-electron chi connectivity index (χ4n) is 3.27. The Hall–Kier alpha value is -2.81. The highest BCUT2D eigenvalue weighted by Gasteiger charge is 2.34. The van der Waals surface area contributed by atoms with Crippen molar-refractivity contribution in [2.45, 2.75) is 46.0 Å². The number of anilines is 1. The van der Waals surface area contributed by atoms with E-state index >= 15 is 0 Å². The van der Waals surface area contributed by atoms with Crippen molar-refractivity contribution >= 4 is 34.4 Å². The Morgan fingerprint density at radius 3 is 2.50 bits per heavy atom. The minimum absolute atomic E-state index is 0.209. The molecule has 9 heteroatoms. The quantitative estimate of drug-likeness (QED) is 0.569. The van der Waals surface area contributed by atoms with E-state index in [1.165, 1.54) is 16.2 Å². The zero-order chi connectivity index (χ0) is 21.5. The molecular weight excluding hydrogens is 404 g/mol. The molecule has 1 N–H and O–H groups in total. The Kier molecular flexibility index (Phi) is 7.51. The van der Waals surface area contributed by atoms with Gasteiger partial charge in [-0.1, -0.05) is 56.6 Å². The standard InChI is InChI=1S/C21H26N4O4S/c1-3-5-8-14(4-2)13-29-21(28)22-20-24-23-17(30-20)11-12-25-18(26)15-9-6-7-10-16(15)19(25)27/h6-7,9-10,14H,3-5,8,11-13H2,1-2H3,(H,22,24,28). The fraction of sp³-hybridized carbons (Fsp3) is 0.476. The van der Waals surface area contributed by atoms with Gasteiger partial charge in [0, 0.05) is 13.0 Å². The van der Waals surface area contributed by atoms with Gasteiger partial charge >= 0.3 is 6.09 Å². The van der Waals surface area contributed by atoms with Gasteiger partial charge in [0.1, 0.15) is 5.01 Å². The summed E-state index contributed by atoms with van der Waals surface area (Å²) < 4.78 is 5.30. The van der Waals surface area contributed by atoms with Crippen LogP contribution in [0.2, 0.25) is 0 Å². The van der Waals surface area contributed by atoms with E-state index in [0.29, 0.717) is 40.2 Å². The first kappa shape index (κ1) is 21.9. The number of imide groups is 1. The summed E-state index contributed by atoms with van der Waals surface area (Å²) >= 11 is 1.20. The molecule has 8 nitrogen and oxygen atoms in total. The maximum atomic E-state index is 12.4. The van der Waals surface area contributed by atoms with Crippen molar-refractivity contribution in [3.05, 3.63) is 40.4 Å². The molecule has 2 aromatic rings. The zero-order valence-corrected chi connectivity index (χ0v) is 18.0. The fourth-order valence-corrected chi connectivity index (χ4v) is 3.98. The molecule has 3 amide bonds. The van der Waals surface area contributed by atoms with Crippen molar-refractivity contribution < 1.29 is 19.1 Å². The maximum absolute atomic E-state index is 12.4. The second kappa shape index (κ2) is 10.3. The number of nitrogens with zero attached hydrogens (tertiary/aromatic N) is 3. The van der Waals surface area contributed by atoms with Crippen LogP contribution in [0.15, 0.2) is 24.3 Å². The van der Waals surface area contributed by atoms with E-state index in [-0.39, 0.29) is 18.4 Å². The lowest BCUT2D eigenvalue weighted by Gasteiger charge is -2.14. The van der Waals surface area contributed by atoms with Crippen LogP contribution in [0.5, 0.6) is 0 Å². The smallest absolute Gasteiger partial charge is 0.413 e. The van der Waals surface area contributed by atoms with Gasteiger partial charge in [-0.3, -0.25) is 19.8 Å². The minimum atomic E-state index is -0.548. The van der Waals surface area contributed by atoms with E-state index < -0.39 is 6.09 Å². The van der Waals surface area contributed by atoms with E-state index in [2.05, 4.69) is 29.4 Å². The van der Waals surface area contributed by atoms with E-state index in [9.17, 15) is 14.4 Å². The third-order valence-corrected chi connectivity index (χ3v) is 6.00. The molecule has 160 valence electrons. The van der Waals surface area contributed by atoms with Crippen LogP contribution < -0.4 is 5.32 Å². The summed E-state index contributed by atoms with van der Waals surface area (Å²) in [5, 5.41) is 11.5. The SMILES string of the molecule is CCCCC(CC)COC(=O)Nc1nnc(CCN2C(=O)c3ccccc3C2=O)s1. The lowest BCUT2D eigenvalue weighted by molar-refractivity contribution is 0.0656. The summed E-state index contributed by atoms with van der Waals surface area (Å²) in [7, 11) is 0. The minimum Gasteiger partial charge on any atom is -0.449 e. The number of rotatable bonds is 10. The van der Waals surface area contributed by atoms with Gasteiger partial charge in [0.15, 0.2) is 0 Å². The lowest BCUT2D eigenvalue weighted by Crippen LogP contribution is -2.31. The molecule has 0 fully saturated rings. The predicted octanol–water partition coefficient (Wildman–Crippen LogP) is 4.14. The van der Waals surface area contributed by atoms with Gasteiger partial charge in [0.25, 0.3) is 11.8 Å². The number of carbonyl (C=O) groups is 3. The summed E-state index contributed by atoms with van der Waals surface area (Å²) in [5.74, 6) is -0.230. The average molecular weight is 431 g/mol. The van der Waals surface area contributed by atoms with Crippen molar-refractivity contribution in [2.75, 3.05) is 18.5 Å². The normalized spacial score (nSPS) is 14.0. The first-order valence-corrected chi connectivity index (χ1v) is 11.1. The number of hydrogen-bond acceptors (Lipinski definition) is 7. The van der Waals surface area contributed by atoms with E-state index in [1.54, 1.807) is 24.3 Å². The van der Waals surface area contributed by atoms with Crippen LogP contribution in [0.25, 0.3) is 0 Å². The lowest BCUT2D eigenvalue weighted by atomic mass is 10.0. The molecule has 1 atom stereocenters. The summed E-state index contributed by atoms with van der Waals surface area (Å²) in [6.45, 7) is 4.82. The Bertz CT molecular complexity index is 879. The third kappa shape index (κ3) is 5.21. The molecular formula is C21H26N4O4S. The second-order valence-corrected chi connectivity index (χ2v) is 8.26. The first-order chi connectivity index (χ1) is 14.5. The molecule has 30 heavy (non-hydrogen) atoms. The molecule has 0 bridgehead atoms. The van der Waals surface area contributed by atoms with Crippen molar-refractivity contribution in [3.8, 4) is 0 Å². The number of ether oxygens (including phenoxy) is 1. The van der Waals surface area contributed by atoms with Crippen LogP contribution in [0.4, 0.5) is 9.93 Å². The van der Waals surface area contributed by atoms with Gasteiger partial charge in [-0.05, 0) is 24.5 Å². The Balaban J connectivity index is 1.47. The monoisotopic (exact) mass is 430 g/mol. The van der Waals surface area contributed by atoms with Gasteiger partial charge in [-0.2, -0.15) is 0 Å². The second-order valence-electron chi connectivity index (χ2n) is 7.20. The molecule has 3 rings (SSSR count). The van der Waals surface area contributed by atoms with Gasteiger partial charge in [-0.25, -0.2) is 4.79 Å². The van der Waals surface area contributed by atoms with E-state index in [4.69, 9.17) is 4.74 Å². The van der Waals surface area contributed by atoms with Crippen LogP contribution >= 0.6 is 11.3 Å². The van der Waals surface area contributed by atoms with Crippen molar-refractivity contribution in [1.82, 2.24) is 15.1 Å². The zero-order valence-electron chi connectivity index (χ0n) is 17.2. The summed E-state index contributed by atoms with van der Waals surface area (Å²) in [6.07, 6.45) is 4.07. The van der Waals surface area contributed by atoms with Crippen LogP contribution in [0.1, 0.15) is 65.3 Å². The molecule has 1 aliphatic heterocycles. The predicted molar refractivity (Wildman–Crippen MR) is 114 cm³/mol. The van der Waals surface area contributed by atoms with Gasteiger partial charge in [0.2, 0.25) is 5.13 Å². The highest BCUT2D eigenvalue weighted by molar-refractivity contribution is 7.15. The molecule has 1 unspecified atom stereocenters. The largest absolute Gasteiger partial charge is 0.449 e. The molecule has 0 aliphatic carbocycles. The molecule has 0 saturated carbocycles. The topological polar surface area (TPSA) is 101 Å². The maximum Gasteiger partial charge on any atom is 0.413 e. The number of nitrogens with one attached hydrogen (secondary N) is 1. The third-order valence-electron chi connectivity index (χ3n) is 5.10. The molecule has 2 heterocycles. The summed E-state index contributed by atoms with van der Waals surface area (Å²) in [5.41, 5.74) is 0.850. The summed E-state index contributed by atoms with van der Waals surface area (Å²) in [4.78, 5) is 38.0. The van der Waals surface area contributed by atoms with Crippen molar-refractivity contribution in [1.29, 1.82) is 0 Å².